The van der Waals surface area contributed by atoms with Crippen molar-refractivity contribution in [1.82, 2.24) is 14.8 Å². The number of amides is 1. The molecular weight excluding hydrogens is 316 g/mol. The number of hydrogen-bond acceptors (Lipinski definition) is 5. The van der Waals surface area contributed by atoms with E-state index in [1.807, 2.05) is 11.0 Å². The quantitative estimate of drug-likeness (QED) is 0.853. The van der Waals surface area contributed by atoms with E-state index >= 15 is 0 Å². The molecule has 0 atom stereocenters. The molecule has 6 nitrogen and oxygen atoms in total. The predicted octanol–water partition coefficient (Wildman–Crippen LogP) is 1.97. The average Bonchev–Trinajstić information content (AvgIpc) is 2.93. The zero-order valence-corrected chi connectivity index (χ0v) is 15.0. The molecule has 2 fully saturated rings. The first-order valence-corrected chi connectivity index (χ1v) is 9.62. The minimum Gasteiger partial charge on any atom is -0.395 e. The SMILES string of the molecule is O=C(c1ccc(NCCO)nc1)N1CCCN(C2CCCCC2)CC1. The number of anilines is 1. The van der Waals surface area contributed by atoms with Crippen molar-refractivity contribution in [2.45, 2.75) is 44.6 Å². The molecule has 1 saturated carbocycles. The highest BCUT2D eigenvalue weighted by Gasteiger charge is 2.25. The van der Waals surface area contributed by atoms with Gasteiger partial charge in [-0.1, -0.05) is 19.3 Å². The molecule has 138 valence electrons. The summed E-state index contributed by atoms with van der Waals surface area (Å²) in [6, 6.07) is 4.34. The Balaban J connectivity index is 1.55. The van der Waals surface area contributed by atoms with E-state index in [4.69, 9.17) is 5.11 Å². The maximum atomic E-state index is 12.8. The molecule has 0 aromatic carbocycles. The van der Waals surface area contributed by atoms with Gasteiger partial charge in [-0.3, -0.25) is 9.69 Å². The van der Waals surface area contributed by atoms with Gasteiger partial charge in [0.1, 0.15) is 5.82 Å². The Morgan fingerprint density at radius 2 is 1.96 bits per heavy atom. The zero-order chi connectivity index (χ0) is 17.5. The Labute approximate surface area is 150 Å². The van der Waals surface area contributed by atoms with Crippen molar-refractivity contribution in [3.8, 4) is 0 Å². The van der Waals surface area contributed by atoms with Crippen LogP contribution in [0.2, 0.25) is 0 Å². The first kappa shape index (κ1) is 18.1. The Morgan fingerprint density at radius 1 is 1.12 bits per heavy atom. The van der Waals surface area contributed by atoms with Gasteiger partial charge in [0.15, 0.2) is 0 Å². The predicted molar refractivity (Wildman–Crippen MR) is 98.8 cm³/mol. The lowest BCUT2D eigenvalue weighted by molar-refractivity contribution is 0.0754. The molecular formula is C19H30N4O2. The topological polar surface area (TPSA) is 68.7 Å². The summed E-state index contributed by atoms with van der Waals surface area (Å²) in [5, 5.41) is 11.8. The molecule has 0 radical (unpaired) electrons. The molecule has 1 amide bonds. The highest BCUT2D eigenvalue weighted by Crippen LogP contribution is 2.23. The Bertz CT molecular complexity index is 543. The molecule has 0 bridgehead atoms. The van der Waals surface area contributed by atoms with Crippen LogP contribution in [0.25, 0.3) is 0 Å². The molecule has 1 aromatic rings. The van der Waals surface area contributed by atoms with Crippen molar-refractivity contribution < 1.29 is 9.90 Å². The van der Waals surface area contributed by atoms with Crippen LogP contribution in [0.5, 0.6) is 0 Å². The summed E-state index contributed by atoms with van der Waals surface area (Å²) >= 11 is 0. The molecule has 25 heavy (non-hydrogen) atoms. The highest BCUT2D eigenvalue weighted by molar-refractivity contribution is 5.94. The highest BCUT2D eigenvalue weighted by atomic mass is 16.3. The number of rotatable bonds is 5. The third-order valence-corrected chi connectivity index (χ3v) is 5.34. The van der Waals surface area contributed by atoms with Gasteiger partial charge in [-0.05, 0) is 31.4 Å². The van der Waals surface area contributed by atoms with E-state index in [-0.39, 0.29) is 12.5 Å². The number of hydrogen-bond donors (Lipinski definition) is 2. The molecule has 0 unspecified atom stereocenters. The summed E-state index contributed by atoms with van der Waals surface area (Å²) in [7, 11) is 0. The summed E-state index contributed by atoms with van der Waals surface area (Å²) in [5.41, 5.74) is 0.640. The van der Waals surface area contributed by atoms with Gasteiger partial charge >= 0.3 is 0 Å². The molecule has 1 aromatic heterocycles. The van der Waals surface area contributed by atoms with E-state index < -0.39 is 0 Å². The first-order valence-electron chi connectivity index (χ1n) is 9.62. The fourth-order valence-corrected chi connectivity index (χ4v) is 3.94. The lowest BCUT2D eigenvalue weighted by atomic mass is 9.94. The minimum absolute atomic E-state index is 0.0631. The maximum absolute atomic E-state index is 12.8. The van der Waals surface area contributed by atoms with E-state index in [9.17, 15) is 4.79 Å². The number of carbonyl (C=O) groups is 1. The van der Waals surface area contributed by atoms with Crippen molar-refractivity contribution in [2.75, 3.05) is 44.6 Å². The van der Waals surface area contributed by atoms with Crippen LogP contribution < -0.4 is 5.32 Å². The summed E-state index contributed by atoms with van der Waals surface area (Å²) in [5.74, 6) is 0.761. The van der Waals surface area contributed by atoms with Gasteiger partial charge in [-0.25, -0.2) is 4.98 Å². The van der Waals surface area contributed by atoms with Gasteiger partial charge in [0.05, 0.1) is 12.2 Å². The largest absolute Gasteiger partial charge is 0.395 e. The maximum Gasteiger partial charge on any atom is 0.255 e. The second-order valence-corrected chi connectivity index (χ2v) is 7.06. The third kappa shape index (κ3) is 4.92. The lowest BCUT2D eigenvalue weighted by Gasteiger charge is -2.33. The number of nitrogens with one attached hydrogen (secondary N) is 1. The van der Waals surface area contributed by atoms with E-state index in [0.717, 1.165) is 38.6 Å². The van der Waals surface area contributed by atoms with Gasteiger partial charge in [0.25, 0.3) is 5.91 Å². The average molecular weight is 346 g/mol. The normalized spacial score (nSPS) is 20.3. The van der Waals surface area contributed by atoms with Gasteiger partial charge in [-0.2, -0.15) is 0 Å². The molecule has 0 spiro atoms. The molecule has 3 rings (SSSR count). The van der Waals surface area contributed by atoms with Crippen LogP contribution in [0.3, 0.4) is 0 Å². The van der Waals surface area contributed by atoms with Crippen molar-refractivity contribution in [3.63, 3.8) is 0 Å². The lowest BCUT2D eigenvalue weighted by Crippen LogP contribution is -2.40. The number of nitrogens with zero attached hydrogens (tertiary/aromatic N) is 3. The molecule has 2 N–H and O–H groups in total. The van der Waals surface area contributed by atoms with E-state index in [1.165, 1.54) is 32.1 Å². The van der Waals surface area contributed by atoms with E-state index in [0.29, 0.717) is 17.9 Å². The molecule has 2 heterocycles. The van der Waals surface area contributed by atoms with Crippen molar-refractivity contribution in [1.29, 1.82) is 0 Å². The molecule has 1 saturated heterocycles. The third-order valence-electron chi connectivity index (χ3n) is 5.34. The van der Waals surface area contributed by atoms with E-state index in [2.05, 4.69) is 15.2 Å². The Kier molecular flexibility index (Phi) is 6.64. The van der Waals surface area contributed by atoms with E-state index in [1.54, 1.807) is 12.3 Å². The van der Waals surface area contributed by atoms with Crippen molar-refractivity contribution >= 4 is 11.7 Å². The zero-order valence-electron chi connectivity index (χ0n) is 15.0. The van der Waals surface area contributed by atoms with Crippen LogP contribution in [0, 0.1) is 0 Å². The van der Waals surface area contributed by atoms with Crippen LogP contribution in [0.1, 0.15) is 48.9 Å². The van der Waals surface area contributed by atoms with Crippen LogP contribution in [0.15, 0.2) is 18.3 Å². The fourth-order valence-electron chi connectivity index (χ4n) is 3.94. The van der Waals surface area contributed by atoms with Crippen LogP contribution >= 0.6 is 0 Å². The summed E-state index contributed by atoms with van der Waals surface area (Å²) in [6.07, 6.45) is 9.40. The Morgan fingerprint density at radius 3 is 2.68 bits per heavy atom. The molecule has 6 heteroatoms. The molecule has 2 aliphatic rings. The van der Waals surface area contributed by atoms with Gasteiger partial charge in [0, 0.05) is 45.0 Å². The van der Waals surface area contributed by atoms with Crippen molar-refractivity contribution in [2.24, 2.45) is 0 Å². The number of aliphatic hydroxyl groups excluding tert-OH is 1. The monoisotopic (exact) mass is 346 g/mol. The molecule has 1 aliphatic carbocycles. The summed E-state index contributed by atoms with van der Waals surface area (Å²) < 4.78 is 0. The number of aromatic nitrogens is 1. The summed E-state index contributed by atoms with van der Waals surface area (Å²) in [4.78, 5) is 21.6. The molecule has 1 aliphatic heterocycles. The van der Waals surface area contributed by atoms with Crippen LogP contribution in [-0.4, -0.2) is 71.2 Å². The Hall–Kier alpha value is -1.66. The standard InChI is InChI=1S/C19H30N4O2/c24-14-9-20-18-8-7-16(15-21-18)19(25)23-11-4-10-22(12-13-23)17-5-2-1-3-6-17/h7-8,15,17,24H,1-6,9-14H2,(H,20,21). The number of carbonyl (C=O) groups excluding carboxylic acids is 1. The first-order chi connectivity index (χ1) is 12.3. The summed E-state index contributed by atoms with van der Waals surface area (Å²) in [6.45, 7) is 4.25. The second kappa shape index (κ2) is 9.15. The second-order valence-electron chi connectivity index (χ2n) is 7.06. The van der Waals surface area contributed by atoms with Crippen molar-refractivity contribution in [3.05, 3.63) is 23.9 Å². The minimum atomic E-state index is 0.0631. The smallest absolute Gasteiger partial charge is 0.255 e. The van der Waals surface area contributed by atoms with Crippen LogP contribution in [0.4, 0.5) is 5.82 Å². The van der Waals surface area contributed by atoms with Gasteiger partial charge in [0.2, 0.25) is 0 Å². The van der Waals surface area contributed by atoms with Gasteiger partial charge in [-0.15, -0.1) is 0 Å². The number of aliphatic hydroxyl groups is 1. The fraction of sp³-hybridized carbons (Fsp3) is 0.684. The van der Waals surface area contributed by atoms with Gasteiger partial charge < -0.3 is 15.3 Å². The number of pyridine rings is 1. The van der Waals surface area contributed by atoms with Crippen LogP contribution in [-0.2, 0) is 0 Å².